The number of ether oxygens (including phenoxy) is 1. The first kappa shape index (κ1) is 20.3. The van der Waals surface area contributed by atoms with Crippen LogP contribution in [0.1, 0.15) is 28.9 Å². The maximum Gasteiger partial charge on any atom is 0.170 e. The predicted octanol–water partition coefficient (Wildman–Crippen LogP) is 3.59. The van der Waals surface area contributed by atoms with E-state index < -0.39 is 0 Å². The Labute approximate surface area is 186 Å². The number of Topliss-reactive ketones (excluding diaryl/α,β-unsaturated/α-hetero) is 1. The summed E-state index contributed by atoms with van der Waals surface area (Å²) in [5.74, 6) is 0.624. The third-order valence-electron chi connectivity index (χ3n) is 5.78. The van der Waals surface area contributed by atoms with Crippen molar-refractivity contribution in [1.29, 1.82) is 0 Å². The van der Waals surface area contributed by atoms with Crippen LogP contribution < -0.4 is 10.1 Å². The van der Waals surface area contributed by atoms with Gasteiger partial charge in [-0.25, -0.2) is 0 Å². The van der Waals surface area contributed by atoms with Crippen LogP contribution in [-0.4, -0.2) is 44.7 Å². The van der Waals surface area contributed by atoms with Gasteiger partial charge in [-0.1, -0.05) is 12.1 Å². The van der Waals surface area contributed by atoms with E-state index in [0.717, 1.165) is 53.5 Å². The number of hydrogen-bond acceptors (Lipinski definition) is 6. The number of nitrogens with one attached hydrogen (secondary N) is 1. The number of rotatable bonds is 6. The molecule has 32 heavy (non-hydrogen) atoms. The molecule has 1 aliphatic heterocycles. The lowest BCUT2D eigenvalue weighted by molar-refractivity contribution is 0.0990. The van der Waals surface area contributed by atoms with E-state index >= 15 is 0 Å². The van der Waals surface area contributed by atoms with Crippen molar-refractivity contribution in [3.63, 3.8) is 0 Å². The lowest BCUT2D eigenvalue weighted by Crippen LogP contribution is -2.34. The van der Waals surface area contributed by atoms with Crippen molar-refractivity contribution in [2.45, 2.75) is 25.4 Å². The van der Waals surface area contributed by atoms with E-state index in [9.17, 15) is 4.79 Å². The smallest absolute Gasteiger partial charge is 0.170 e. The third kappa shape index (κ3) is 4.53. The molecular weight excluding hydrogens is 402 g/mol. The van der Waals surface area contributed by atoms with Crippen molar-refractivity contribution in [2.24, 2.45) is 7.05 Å². The minimum absolute atomic E-state index is 0.0245. The molecule has 4 heterocycles. The Bertz CT molecular complexity index is 1260. The zero-order chi connectivity index (χ0) is 21.9. The molecule has 7 nitrogen and oxygen atoms in total. The van der Waals surface area contributed by atoms with Crippen LogP contribution in [0.25, 0.3) is 21.9 Å². The first-order chi connectivity index (χ1) is 15.6. The molecule has 0 atom stereocenters. The van der Waals surface area contributed by atoms with Crippen LogP contribution in [0.5, 0.6) is 5.75 Å². The average Bonchev–Trinajstić information content (AvgIpc) is 3.26. The summed E-state index contributed by atoms with van der Waals surface area (Å²) in [5, 5.41) is 9.65. The van der Waals surface area contributed by atoms with Crippen molar-refractivity contribution < 1.29 is 9.53 Å². The highest BCUT2D eigenvalue weighted by Crippen LogP contribution is 2.25. The molecule has 4 aromatic rings. The summed E-state index contributed by atoms with van der Waals surface area (Å²) in [5.41, 5.74) is 3.42. The largest absolute Gasteiger partial charge is 0.489 e. The molecule has 0 unspecified atom stereocenters. The van der Waals surface area contributed by atoms with Gasteiger partial charge in [0, 0.05) is 47.8 Å². The maximum absolute atomic E-state index is 12.9. The summed E-state index contributed by atoms with van der Waals surface area (Å²) in [7, 11) is 1.90. The van der Waals surface area contributed by atoms with Gasteiger partial charge in [0.2, 0.25) is 0 Å². The van der Waals surface area contributed by atoms with E-state index in [1.807, 2.05) is 37.8 Å². The van der Waals surface area contributed by atoms with Gasteiger partial charge in [0.15, 0.2) is 5.78 Å². The van der Waals surface area contributed by atoms with Crippen LogP contribution >= 0.6 is 0 Å². The molecule has 1 aromatic carbocycles. The Hall–Kier alpha value is -3.58. The molecule has 0 aliphatic carbocycles. The number of piperidine rings is 1. The zero-order valence-corrected chi connectivity index (χ0v) is 18.0. The molecule has 162 valence electrons. The van der Waals surface area contributed by atoms with Crippen molar-refractivity contribution in [3.05, 3.63) is 72.6 Å². The van der Waals surface area contributed by atoms with E-state index in [-0.39, 0.29) is 18.3 Å². The maximum atomic E-state index is 12.9. The van der Waals surface area contributed by atoms with Gasteiger partial charge >= 0.3 is 0 Å². The Morgan fingerprint density at radius 1 is 1.06 bits per heavy atom. The Kier molecular flexibility index (Phi) is 5.64. The van der Waals surface area contributed by atoms with Gasteiger partial charge in [-0.2, -0.15) is 5.10 Å². The van der Waals surface area contributed by atoms with Crippen LogP contribution in [0.2, 0.25) is 0 Å². The first-order valence-corrected chi connectivity index (χ1v) is 10.9. The average molecular weight is 428 g/mol. The molecule has 5 rings (SSSR count). The van der Waals surface area contributed by atoms with E-state index in [4.69, 9.17) is 4.74 Å². The third-order valence-corrected chi connectivity index (χ3v) is 5.78. The summed E-state index contributed by atoms with van der Waals surface area (Å²) in [6, 6.07) is 9.99. The topological polar surface area (TPSA) is 81.9 Å². The lowest BCUT2D eigenvalue weighted by Gasteiger charge is -2.23. The van der Waals surface area contributed by atoms with Gasteiger partial charge in [0.1, 0.15) is 11.9 Å². The number of pyridine rings is 2. The quantitative estimate of drug-likeness (QED) is 0.474. The number of nitrogens with zero attached hydrogens (tertiary/aromatic N) is 4. The number of hydrogen-bond donors (Lipinski definition) is 1. The predicted molar refractivity (Wildman–Crippen MR) is 123 cm³/mol. The van der Waals surface area contributed by atoms with Gasteiger partial charge in [0.05, 0.1) is 18.8 Å². The second-order valence-electron chi connectivity index (χ2n) is 8.22. The molecule has 0 amide bonds. The summed E-state index contributed by atoms with van der Waals surface area (Å²) in [6.07, 6.45) is 11.2. The molecule has 7 heteroatoms. The van der Waals surface area contributed by atoms with Gasteiger partial charge in [-0.05, 0) is 55.1 Å². The standard InChI is InChI=1S/C25H25N5O2/c1-30-16-21(14-29-30)17-2-3-18-13-28-22(9-19(18)8-17)11-25(31)20-10-24(15-27-12-20)32-23-4-6-26-7-5-23/h2-3,8-10,12-16,23,26H,4-7,11H2,1H3. The summed E-state index contributed by atoms with van der Waals surface area (Å²) in [6.45, 7) is 1.90. The zero-order valence-electron chi connectivity index (χ0n) is 18.0. The normalized spacial score (nSPS) is 14.5. The second kappa shape index (κ2) is 8.88. The van der Waals surface area contributed by atoms with Crippen LogP contribution in [0.4, 0.5) is 0 Å². The molecule has 0 bridgehead atoms. The fourth-order valence-electron chi connectivity index (χ4n) is 4.04. The van der Waals surface area contributed by atoms with Crippen molar-refractivity contribution in [2.75, 3.05) is 13.1 Å². The minimum atomic E-state index is -0.0245. The van der Waals surface area contributed by atoms with E-state index in [2.05, 4.69) is 32.5 Å². The molecule has 1 fully saturated rings. The second-order valence-corrected chi connectivity index (χ2v) is 8.22. The van der Waals surface area contributed by atoms with Crippen molar-refractivity contribution in [3.8, 4) is 16.9 Å². The summed E-state index contributed by atoms with van der Waals surface area (Å²) in [4.78, 5) is 21.6. The van der Waals surface area contributed by atoms with Crippen LogP contribution in [0.15, 0.2) is 61.3 Å². The van der Waals surface area contributed by atoms with Crippen LogP contribution in [0, 0.1) is 0 Å². The highest BCUT2D eigenvalue weighted by atomic mass is 16.5. The lowest BCUT2D eigenvalue weighted by atomic mass is 10.0. The molecule has 3 aromatic heterocycles. The molecule has 0 saturated carbocycles. The number of fused-ring (bicyclic) bond motifs is 1. The SMILES string of the molecule is Cn1cc(-c2ccc3cnc(CC(=O)c4cncc(OC5CCNCC5)c4)cc3c2)cn1. The van der Waals surface area contributed by atoms with Crippen molar-refractivity contribution >= 4 is 16.6 Å². The number of aryl methyl sites for hydroxylation is 1. The molecule has 1 saturated heterocycles. The summed E-state index contributed by atoms with van der Waals surface area (Å²) < 4.78 is 7.82. The Balaban J connectivity index is 1.33. The molecule has 0 spiro atoms. The summed E-state index contributed by atoms with van der Waals surface area (Å²) >= 11 is 0. The molecule has 1 N–H and O–H groups in total. The Morgan fingerprint density at radius 3 is 2.75 bits per heavy atom. The van der Waals surface area contributed by atoms with E-state index in [1.165, 1.54) is 0 Å². The first-order valence-electron chi connectivity index (χ1n) is 10.9. The number of aromatic nitrogens is 4. The highest BCUT2D eigenvalue weighted by Gasteiger charge is 2.16. The fraction of sp³-hybridized carbons (Fsp3) is 0.280. The van der Waals surface area contributed by atoms with Gasteiger partial charge in [-0.3, -0.25) is 19.4 Å². The van der Waals surface area contributed by atoms with E-state index in [1.54, 1.807) is 23.1 Å². The fourth-order valence-corrected chi connectivity index (χ4v) is 4.04. The number of carbonyl (C=O) groups excluding carboxylic acids is 1. The van der Waals surface area contributed by atoms with Gasteiger partial charge in [0.25, 0.3) is 0 Å². The van der Waals surface area contributed by atoms with Gasteiger partial charge in [-0.15, -0.1) is 0 Å². The minimum Gasteiger partial charge on any atom is -0.489 e. The highest BCUT2D eigenvalue weighted by molar-refractivity contribution is 5.98. The number of carbonyl (C=O) groups is 1. The van der Waals surface area contributed by atoms with Gasteiger partial charge < -0.3 is 10.1 Å². The Morgan fingerprint density at radius 2 is 1.94 bits per heavy atom. The van der Waals surface area contributed by atoms with Crippen LogP contribution in [-0.2, 0) is 13.5 Å². The number of ketones is 1. The van der Waals surface area contributed by atoms with Crippen LogP contribution in [0.3, 0.4) is 0 Å². The number of benzene rings is 1. The molecule has 0 radical (unpaired) electrons. The molecular formula is C25H25N5O2. The molecule has 1 aliphatic rings. The van der Waals surface area contributed by atoms with Crippen molar-refractivity contribution in [1.82, 2.24) is 25.1 Å². The monoisotopic (exact) mass is 427 g/mol. The van der Waals surface area contributed by atoms with E-state index in [0.29, 0.717) is 11.3 Å².